The Morgan fingerprint density at radius 1 is 1.00 bits per heavy atom. The van der Waals surface area contributed by atoms with Crippen molar-refractivity contribution in [3.05, 3.63) is 0 Å². The normalized spacial score (nSPS) is 3.71. The molecule has 0 N–H and O–H groups in total. The van der Waals surface area contributed by atoms with E-state index in [-0.39, 0.29) is 28.1 Å². The summed E-state index contributed by atoms with van der Waals surface area (Å²) in [7, 11) is 0. The molecule has 0 aromatic heterocycles. The molecule has 0 fully saturated rings. The first kappa shape index (κ1) is 30.1. The number of carbonyl (C=O) groups excluding carboxylic acids is 1. The van der Waals surface area contributed by atoms with Crippen molar-refractivity contribution in [3.63, 3.8) is 0 Å². The largest absolute Gasteiger partial charge is 0.300 e. The predicted octanol–water partition coefficient (Wildman–Crippen LogP) is 2.50. The van der Waals surface area contributed by atoms with Crippen LogP contribution in [0.1, 0.15) is 36.1 Å². The zero-order valence-electron chi connectivity index (χ0n) is 2.91. The second-order valence-corrected chi connectivity index (χ2v) is 0.908. The van der Waals surface area contributed by atoms with E-state index in [2.05, 4.69) is 0 Å². The maximum atomic E-state index is 9.44. The number of carbonyl (C=O) groups is 1. The number of hydrogen-bond donors (Lipinski definition) is 0. The lowest BCUT2D eigenvalue weighted by Gasteiger charge is -1.56. The van der Waals surface area contributed by atoms with Crippen molar-refractivity contribution in [1.82, 2.24) is 0 Å². The van der Waals surface area contributed by atoms with Crippen LogP contribution in [0.5, 0.6) is 0 Å². The summed E-state index contributed by atoms with van der Waals surface area (Å²) in [4.78, 5) is 9.44. The Kier molecular flexibility index (Phi) is 74.5. The van der Waals surface area contributed by atoms with E-state index in [9.17, 15) is 4.79 Å². The van der Waals surface area contributed by atoms with Gasteiger partial charge in [-0.15, -0.1) is 0 Å². The monoisotopic (exact) mass is 106 g/mol. The molecular formula is C6H18O. The van der Waals surface area contributed by atoms with Crippen molar-refractivity contribution in [2.75, 3.05) is 0 Å². The van der Waals surface area contributed by atoms with Gasteiger partial charge in [0.25, 0.3) is 0 Å². The summed E-state index contributed by atoms with van der Waals surface area (Å²) in [6.45, 7) is 3.06. The molecule has 1 heteroatoms. The third-order valence-corrected chi connectivity index (χ3v) is 0. The molecule has 0 aliphatic carbocycles. The summed E-state index contributed by atoms with van der Waals surface area (Å²) in [6, 6.07) is 0. The molecule has 0 saturated heterocycles. The van der Waals surface area contributed by atoms with E-state index in [0.29, 0.717) is 0 Å². The van der Waals surface area contributed by atoms with E-state index >= 15 is 0 Å². The highest BCUT2D eigenvalue weighted by Crippen LogP contribution is 1.50. The summed E-state index contributed by atoms with van der Waals surface area (Å²) in [5.74, 6) is 0.167. The zero-order valence-corrected chi connectivity index (χ0v) is 2.91. The van der Waals surface area contributed by atoms with Gasteiger partial charge in [0, 0.05) is 0 Å². The van der Waals surface area contributed by atoms with Crippen molar-refractivity contribution in [1.29, 1.82) is 0 Å². The molecule has 0 aromatic carbocycles. The Hall–Kier alpha value is -0.330. The van der Waals surface area contributed by atoms with Crippen LogP contribution in [-0.2, 0) is 4.79 Å². The van der Waals surface area contributed by atoms with Crippen LogP contribution >= 0.6 is 0 Å². The van der Waals surface area contributed by atoms with Gasteiger partial charge < -0.3 is 4.79 Å². The number of ketones is 1. The van der Waals surface area contributed by atoms with E-state index in [1.807, 2.05) is 0 Å². The lowest BCUT2D eigenvalue weighted by atomic mass is 10.6. The van der Waals surface area contributed by atoms with E-state index < -0.39 is 0 Å². The molecule has 0 saturated carbocycles. The first-order valence-electron chi connectivity index (χ1n) is 1.20. The van der Waals surface area contributed by atoms with Gasteiger partial charge in [0.1, 0.15) is 5.78 Å². The highest BCUT2D eigenvalue weighted by Gasteiger charge is 1.62. The lowest BCUT2D eigenvalue weighted by Crippen LogP contribution is -1.69. The molecule has 48 valence electrons. The van der Waals surface area contributed by atoms with Crippen LogP contribution in [0.4, 0.5) is 0 Å². The molecule has 0 aliphatic rings. The van der Waals surface area contributed by atoms with Crippen molar-refractivity contribution in [3.8, 4) is 0 Å². The van der Waals surface area contributed by atoms with Crippen molar-refractivity contribution in [2.45, 2.75) is 36.1 Å². The van der Waals surface area contributed by atoms with Crippen molar-refractivity contribution >= 4 is 5.78 Å². The smallest absolute Gasteiger partial charge is 0.126 e. The molecule has 0 radical (unpaired) electrons. The van der Waals surface area contributed by atoms with E-state index in [1.54, 1.807) is 0 Å². The Bertz CT molecular complexity index is 27.2. The van der Waals surface area contributed by atoms with Gasteiger partial charge in [-0.05, 0) is 13.8 Å². The van der Waals surface area contributed by atoms with Gasteiger partial charge in [0.15, 0.2) is 0 Å². The summed E-state index contributed by atoms with van der Waals surface area (Å²) in [6.07, 6.45) is 0. The summed E-state index contributed by atoms with van der Waals surface area (Å²) in [5.41, 5.74) is 0. The number of hydrogen-bond acceptors (Lipinski definition) is 1. The first-order chi connectivity index (χ1) is 1.73. The van der Waals surface area contributed by atoms with Crippen LogP contribution < -0.4 is 0 Å². The van der Waals surface area contributed by atoms with Gasteiger partial charge in [-0.3, -0.25) is 0 Å². The van der Waals surface area contributed by atoms with Gasteiger partial charge in [-0.2, -0.15) is 0 Å². The maximum absolute atomic E-state index is 9.44. The molecule has 0 heterocycles. The van der Waals surface area contributed by atoms with E-state index in [1.165, 1.54) is 13.8 Å². The molecule has 7 heavy (non-hydrogen) atoms. The van der Waals surface area contributed by atoms with Crippen LogP contribution in [0.2, 0.25) is 0 Å². The van der Waals surface area contributed by atoms with Crippen LogP contribution in [-0.4, -0.2) is 5.78 Å². The van der Waals surface area contributed by atoms with Crippen LogP contribution in [0, 0.1) is 0 Å². The minimum Gasteiger partial charge on any atom is -0.300 e. The highest BCUT2D eigenvalue weighted by atomic mass is 16.1. The quantitative estimate of drug-likeness (QED) is 0.463. The fourth-order valence-electron chi connectivity index (χ4n) is 0. The average molecular weight is 106 g/mol. The summed E-state index contributed by atoms with van der Waals surface area (Å²) in [5, 5.41) is 0. The fraction of sp³-hybridized carbons (Fsp3) is 0.833. The molecule has 1 nitrogen and oxygen atoms in total. The van der Waals surface area contributed by atoms with Crippen molar-refractivity contribution in [2.24, 2.45) is 0 Å². The van der Waals surface area contributed by atoms with Crippen LogP contribution in [0.15, 0.2) is 0 Å². The second-order valence-electron chi connectivity index (χ2n) is 0.908. The second kappa shape index (κ2) is 17.3. The van der Waals surface area contributed by atoms with Crippen LogP contribution in [0.3, 0.4) is 0 Å². The predicted molar refractivity (Wildman–Crippen MR) is 36.5 cm³/mol. The highest BCUT2D eigenvalue weighted by molar-refractivity contribution is 5.72. The Morgan fingerprint density at radius 3 is 1.00 bits per heavy atom. The Labute approximate surface area is 47.7 Å². The molecule has 0 aromatic rings. The zero-order chi connectivity index (χ0) is 3.58. The topological polar surface area (TPSA) is 17.1 Å². The third kappa shape index (κ3) is 701. The van der Waals surface area contributed by atoms with E-state index in [0.717, 1.165) is 0 Å². The molecule has 0 rings (SSSR count). The molecule has 0 spiro atoms. The summed E-state index contributed by atoms with van der Waals surface area (Å²) >= 11 is 0. The Morgan fingerprint density at radius 2 is 1.00 bits per heavy atom. The molecule has 0 unspecified atom stereocenters. The minimum absolute atomic E-state index is 0. The summed E-state index contributed by atoms with van der Waals surface area (Å²) < 4.78 is 0. The molecule has 0 amide bonds. The Balaban J connectivity index is -0.0000000150. The SMILES string of the molecule is C.C.C.CC(C)=O. The van der Waals surface area contributed by atoms with Gasteiger partial charge in [0.05, 0.1) is 0 Å². The molecule has 0 bridgehead atoms. The van der Waals surface area contributed by atoms with Gasteiger partial charge >= 0.3 is 0 Å². The van der Waals surface area contributed by atoms with E-state index in [4.69, 9.17) is 0 Å². The first-order valence-corrected chi connectivity index (χ1v) is 1.20. The standard InChI is InChI=1S/C3H6O.3CH4/c1-3(2)4;;;/h1-2H3;3*1H4. The molecule has 0 aliphatic heterocycles. The van der Waals surface area contributed by atoms with Gasteiger partial charge in [-0.1, -0.05) is 22.3 Å². The van der Waals surface area contributed by atoms with Crippen molar-refractivity contribution < 1.29 is 4.79 Å². The lowest BCUT2D eigenvalue weighted by molar-refractivity contribution is -0.114. The molecule has 0 atom stereocenters. The average Bonchev–Trinajstić information content (AvgIpc) is 0.811. The third-order valence-electron chi connectivity index (χ3n) is 0. The molecular weight excluding hydrogens is 88.1 g/mol. The van der Waals surface area contributed by atoms with Gasteiger partial charge in [0.2, 0.25) is 0 Å². The fourth-order valence-corrected chi connectivity index (χ4v) is 0. The number of rotatable bonds is 0. The number of Topliss-reactive ketones (excluding diaryl/α,β-unsaturated/α-hetero) is 1. The minimum atomic E-state index is 0. The maximum Gasteiger partial charge on any atom is 0.126 e. The van der Waals surface area contributed by atoms with Gasteiger partial charge in [-0.25, -0.2) is 0 Å². The van der Waals surface area contributed by atoms with Crippen LogP contribution in [0.25, 0.3) is 0 Å².